The first kappa shape index (κ1) is 81.1. The standard InChI is InChI=1S/C82H90Cl2N6O23/c1-5-38(17-35(3)4)77(104)89-69-57(95)26-45(29-65(98)86-82(108)85-46-10-12-48(13-11-46)109-6-2)78(105)87-67-44-27-62(110-60-15-8-40(71(69)99)24-53(60)83)76(113-81-75(103)74(102)73(101)64(34-91)112-81)63(28-44)111-61-16-9-41(25-54(61)84)72(100)70-80(107)88-68(59(97)32-49-42-19-36-18-37(21-42)22-43(49)20-36)52-30-47(92)31-56(94)66(52)51-23-39(7-14-55(51)93)50(33-58(67)96)79(106)90-70/h7-16,23-25,27-28,30-31,35-38,42-43,45,49-50,64,67-75,81,91-94,99-103H,5-6,17-22,26,29,32-34H2,1-4H3,(H,87,105)(H,88,107)(H,89,104)(H,90,106)(H2,85,86,98,108)/t36?,37?,38-,42?,43?,45+,49?,50-,64-,67-,68+,69+,70+,71-,72-,73-,74+,75-,81+/m1/s1. The molecule has 1 saturated heterocycles. The Labute approximate surface area is 659 Å². The lowest BCUT2D eigenvalue weighted by molar-refractivity contribution is -0.277. The van der Waals surface area contributed by atoms with Crippen LogP contribution < -0.4 is 50.8 Å². The first-order valence-electron chi connectivity index (χ1n) is 37.9. The van der Waals surface area contributed by atoms with Crippen molar-refractivity contribution < 1.29 is 113 Å². The van der Waals surface area contributed by atoms with Crippen LogP contribution in [0.25, 0.3) is 11.1 Å². The highest BCUT2D eigenvalue weighted by Gasteiger charge is 2.51. The average molecular weight is 1600 g/mol. The van der Waals surface area contributed by atoms with Gasteiger partial charge in [0.2, 0.25) is 41.6 Å². The topological polar surface area (TPSA) is 454 Å². The number of phenolic OH excluding ortho intramolecular Hbond substituents is 3. The predicted molar refractivity (Wildman–Crippen MR) is 405 cm³/mol. The van der Waals surface area contributed by atoms with Crippen molar-refractivity contribution in [2.45, 2.75) is 171 Å². The molecular weight excluding hydrogens is 1510 g/mol. The summed E-state index contributed by atoms with van der Waals surface area (Å²) in [6.45, 7) is 6.65. The molecule has 7 amide bonds. The van der Waals surface area contributed by atoms with Crippen LogP contribution in [0.15, 0.2) is 103 Å². The number of carbonyl (C=O) groups excluding carboxylic acids is 9. The third-order valence-corrected chi connectivity index (χ3v) is 23.4. The Morgan fingerprint density at radius 3 is 1.88 bits per heavy atom. The van der Waals surface area contributed by atoms with Crippen LogP contribution in [0, 0.1) is 47.3 Å². The molecule has 16 rings (SSSR count). The summed E-state index contributed by atoms with van der Waals surface area (Å²) in [6, 6.07) is 12.0. The Bertz CT molecular complexity index is 4670. The summed E-state index contributed by atoms with van der Waals surface area (Å²) in [7, 11) is 0. The molecule has 4 saturated carbocycles. The van der Waals surface area contributed by atoms with Gasteiger partial charge < -0.3 is 96.2 Å². The Morgan fingerprint density at radius 1 is 0.637 bits per heavy atom. The molecule has 15 bridgehead atoms. The molecule has 4 aliphatic carbocycles. The van der Waals surface area contributed by atoms with Crippen molar-refractivity contribution in [3.63, 3.8) is 0 Å². The van der Waals surface area contributed by atoms with Gasteiger partial charge >= 0.3 is 6.03 Å². The highest BCUT2D eigenvalue weighted by molar-refractivity contribution is 6.32. The number of ether oxygens (including phenoxy) is 5. The van der Waals surface area contributed by atoms with Crippen LogP contribution in [0.5, 0.6) is 51.7 Å². The Hall–Kier alpha value is -9.95. The number of Topliss-reactive ketones (excluding diaryl/α,β-unsaturated/α-hetero) is 3. The smallest absolute Gasteiger partial charge is 0.325 e. The number of carbonyl (C=O) groups is 9. The van der Waals surface area contributed by atoms with Gasteiger partial charge in [0.05, 0.1) is 35.1 Å². The summed E-state index contributed by atoms with van der Waals surface area (Å²) in [5, 5.41) is 120. The highest BCUT2D eigenvalue weighted by Crippen LogP contribution is 2.58. The number of aliphatic hydroxyl groups excluding tert-OH is 6. The number of amides is 7. The molecule has 0 spiro atoms. The van der Waals surface area contributed by atoms with Crippen LogP contribution >= 0.6 is 23.2 Å². The predicted octanol–water partition coefficient (Wildman–Crippen LogP) is 8.49. The van der Waals surface area contributed by atoms with E-state index in [9.17, 15) is 60.3 Å². The van der Waals surface area contributed by atoms with Crippen LogP contribution in [0.2, 0.25) is 10.0 Å². The molecular formula is C82H90Cl2N6O23. The molecule has 6 aliphatic heterocycles. The number of phenols is 3. The minimum atomic E-state index is -2.22. The number of urea groups is 1. The number of hydrogen-bond acceptors (Lipinski definition) is 23. The number of fused-ring (bicyclic) bond motifs is 15. The molecule has 0 aromatic heterocycles. The third kappa shape index (κ3) is 17.4. The van der Waals surface area contributed by atoms with Gasteiger partial charge in [-0.3, -0.25) is 43.7 Å². The lowest BCUT2D eigenvalue weighted by Gasteiger charge is -2.54. The zero-order valence-corrected chi connectivity index (χ0v) is 63.6. The third-order valence-electron chi connectivity index (χ3n) is 22.8. The number of ketones is 3. The molecule has 29 nitrogen and oxygen atoms in total. The first-order valence-corrected chi connectivity index (χ1v) is 38.7. The monoisotopic (exact) mass is 1600 g/mol. The fourth-order valence-corrected chi connectivity index (χ4v) is 17.8. The van der Waals surface area contributed by atoms with Gasteiger partial charge in [-0.25, -0.2) is 4.79 Å². The molecule has 31 heteroatoms. The molecule has 5 fully saturated rings. The summed E-state index contributed by atoms with van der Waals surface area (Å²) in [5.41, 5.74) is -1.42. The molecule has 10 aliphatic rings. The summed E-state index contributed by atoms with van der Waals surface area (Å²) in [6.07, 6.45) is -11.9. The molecule has 6 aromatic carbocycles. The summed E-state index contributed by atoms with van der Waals surface area (Å²) < 4.78 is 31.0. The Balaban J connectivity index is 0.995. The highest BCUT2D eigenvalue weighted by atomic mass is 35.5. The van der Waals surface area contributed by atoms with Crippen molar-refractivity contribution in [1.29, 1.82) is 0 Å². The van der Waals surface area contributed by atoms with Gasteiger partial charge in [0.1, 0.15) is 95.3 Å². The second kappa shape index (κ2) is 34.0. The van der Waals surface area contributed by atoms with Gasteiger partial charge in [0.25, 0.3) is 0 Å². The van der Waals surface area contributed by atoms with Crippen LogP contribution in [0.1, 0.15) is 156 Å². The van der Waals surface area contributed by atoms with Gasteiger partial charge in [-0.1, -0.05) is 62.2 Å². The Kier molecular flexibility index (Phi) is 24.4. The van der Waals surface area contributed by atoms with E-state index in [4.69, 9.17) is 46.9 Å². The van der Waals surface area contributed by atoms with Crippen molar-refractivity contribution in [2.75, 3.05) is 18.5 Å². The molecule has 14 atom stereocenters. The largest absolute Gasteiger partial charge is 0.508 e. The van der Waals surface area contributed by atoms with Crippen molar-refractivity contribution >= 4 is 81.8 Å². The number of imide groups is 1. The lowest BCUT2D eigenvalue weighted by Crippen LogP contribution is -2.60. The van der Waals surface area contributed by atoms with Crippen LogP contribution in [0.3, 0.4) is 0 Å². The van der Waals surface area contributed by atoms with E-state index >= 15 is 28.8 Å². The second-order valence-electron chi connectivity index (χ2n) is 31.0. The number of aliphatic hydroxyl groups is 6. The SMILES string of the molecule is CCOc1ccc(NC(=O)NC(=O)C[C@@H]2CC(=O)[C@H](NC(=O)[C@H](CC)CC(C)C)[C@H](O)c3ccc(c(Cl)c3)Oc3cc4cc(c3O[C@@H]3O[C@H](CO)[C@@H](O)[C@H](O)[C@H]3O)Oc3ccc(cc3Cl)[C@@H](O)[C@@H]3NC(=O)[C@H](CC(=O)[C@@H]4NC2=O)c2ccc(O)c(c2)-c2c(O)cc(O)cc2[C@@H](C(=O)CC2C4CC5CC(C4)CC2C5)NC3=O)cc1. The summed E-state index contributed by atoms with van der Waals surface area (Å²) in [4.78, 5) is 138. The van der Waals surface area contributed by atoms with Crippen molar-refractivity contribution in [3.05, 3.63) is 141 Å². The first-order chi connectivity index (χ1) is 53.9. The van der Waals surface area contributed by atoms with Crippen LogP contribution in [-0.2, 0) is 43.1 Å². The Morgan fingerprint density at radius 2 is 1.27 bits per heavy atom. The number of aromatic hydroxyl groups is 3. The maximum Gasteiger partial charge on any atom is 0.325 e. The average Bonchev–Trinajstić information content (AvgIpc) is 0.755. The summed E-state index contributed by atoms with van der Waals surface area (Å²) >= 11 is 14.3. The van der Waals surface area contributed by atoms with E-state index < -0.39 is 198 Å². The van der Waals surface area contributed by atoms with Gasteiger partial charge in [0.15, 0.2) is 28.8 Å². The zero-order chi connectivity index (χ0) is 80.7. The molecule has 0 radical (unpaired) electrons. The van der Waals surface area contributed by atoms with Gasteiger partial charge in [0, 0.05) is 54.5 Å². The van der Waals surface area contributed by atoms with E-state index in [2.05, 4.69) is 31.9 Å². The normalized spacial score (nSPS) is 28.3. The fourth-order valence-electron chi connectivity index (χ4n) is 17.4. The van der Waals surface area contributed by atoms with E-state index in [-0.39, 0.29) is 103 Å². The molecule has 600 valence electrons. The number of benzene rings is 6. The number of rotatable bonds is 16. The summed E-state index contributed by atoms with van der Waals surface area (Å²) in [5.74, 6) is -15.6. The zero-order valence-electron chi connectivity index (χ0n) is 62.1. The number of nitrogens with one attached hydrogen (secondary N) is 6. The van der Waals surface area contributed by atoms with E-state index in [0.29, 0.717) is 30.6 Å². The van der Waals surface area contributed by atoms with Crippen molar-refractivity contribution in [2.24, 2.45) is 47.3 Å². The minimum Gasteiger partial charge on any atom is -0.508 e. The van der Waals surface area contributed by atoms with E-state index in [1.807, 2.05) is 13.8 Å². The van der Waals surface area contributed by atoms with E-state index in [0.717, 1.165) is 68.5 Å². The number of anilines is 1. The van der Waals surface area contributed by atoms with Crippen molar-refractivity contribution in [3.8, 4) is 62.9 Å². The van der Waals surface area contributed by atoms with Crippen LogP contribution in [-0.4, -0.2) is 155 Å². The molecule has 6 aromatic rings. The molecule has 113 heavy (non-hydrogen) atoms. The van der Waals surface area contributed by atoms with Gasteiger partial charge in [-0.05, 0) is 194 Å². The van der Waals surface area contributed by atoms with Gasteiger partial charge in [-0.2, -0.15) is 0 Å². The van der Waals surface area contributed by atoms with Crippen molar-refractivity contribution in [1.82, 2.24) is 26.6 Å². The lowest BCUT2D eigenvalue weighted by atomic mass is 9.51. The number of hydrogen-bond donors (Lipinski definition) is 15. The maximum atomic E-state index is 16.5. The quantitative estimate of drug-likeness (QED) is 0.0431. The molecule has 0 unspecified atom stereocenters. The molecule has 6 heterocycles. The number of halogens is 2. The molecule has 15 N–H and O–H groups in total. The maximum absolute atomic E-state index is 16.5. The fraction of sp³-hybridized carbons (Fsp3) is 0.451. The van der Waals surface area contributed by atoms with E-state index in [1.54, 1.807) is 26.0 Å². The minimum absolute atomic E-state index is 0.0387. The van der Waals surface area contributed by atoms with Gasteiger partial charge in [-0.15, -0.1) is 0 Å². The van der Waals surface area contributed by atoms with Crippen LogP contribution in [0.4, 0.5) is 10.5 Å². The second-order valence-corrected chi connectivity index (χ2v) is 31.8. The van der Waals surface area contributed by atoms with E-state index in [1.165, 1.54) is 54.6 Å².